The molecule has 2 aromatic rings. The molecule has 0 heterocycles. The van der Waals surface area contributed by atoms with Crippen LogP contribution in [0.3, 0.4) is 0 Å². The smallest absolute Gasteiger partial charge is 0.0674 e. The Bertz CT molecular complexity index is 971. The molecule has 180 valence electrons. The number of rotatable bonds is 6. The molecule has 0 unspecified atom stereocenters. The van der Waals surface area contributed by atoms with Crippen molar-refractivity contribution < 1.29 is 0 Å². The van der Waals surface area contributed by atoms with E-state index in [0.29, 0.717) is 5.92 Å². The molecule has 0 aliphatic heterocycles. The predicted molar refractivity (Wildman–Crippen MR) is 150 cm³/mol. The van der Waals surface area contributed by atoms with E-state index in [0.717, 1.165) is 17.8 Å². The maximum absolute atomic E-state index is 4.35. The number of allylic oxidation sites excluding steroid dienone is 1. The van der Waals surface area contributed by atoms with Gasteiger partial charge in [-0.2, -0.15) is 10.2 Å². The van der Waals surface area contributed by atoms with E-state index in [1.165, 1.54) is 58.2 Å². The zero-order valence-electron chi connectivity index (χ0n) is 22.8. The molecule has 3 rings (SSSR count). The molecule has 2 nitrogen and oxygen atoms in total. The van der Waals surface area contributed by atoms with Gasteiger partial charge in [0.25, 0.3) is 0 Å². The molecule has 0 atom stereocenters. The molecule has 2 heteroatoms. The maximum atomic E-state index is 4.35. The number of hydrogen-bond donors (Lipinski definition) is 0. The Kier molecular flexibility index (Phi) is 12.7. The van der Waals surface area contributed by atoms with Gasteiger partial charge < -0.3 is 0 Å². The van der Waals surface area contributed by atoms with Crippen LogP contribution in [0.25, 0.3) is 6.08 Å². The second-order valence-electron chi connectivity index (χ2n) is 9.17. The van der Waals surface area contributed by atoms with Crippen LogP contribution < -0.4 is 0 Å². The first-order chi connectivity index (χ1) is 15.7. The van der Waals surface area contributed by atoms with Crippen LogP contribution in [0, 0.1) is 13.8 Å². The second-order valence-corrected chi connectivity index (χ2v) is 9.17. The molecule has 0 fully saturated rings. The Morgan fingerprint density at radius 3 is 2.27 bits per heavy atom. The molecule has 33 heavy (non-hydrogen) atoms. The van der Waals surface area contributed by atoms with Gasteiger partial charge in [0.1, 0.15) is 0 Å². The monoisotopic (exact) mass is 446 g/mol. The van der Waals surface area contributed by atoms with Crippen LogP contribution in [0.15, 0.2) is 46.6 Å². The largest absolute Gasteiger partial charge is 0.160 e. The summed E-state index contributed by atoms with van der Waals surface area (Å²) in [5, 5.41) is 8.54. The summed E-state index contributed by atoms with van der Waals surface area (Å²) >= 11 is 0. The van der Waals surface area contributed by atoms with Gasteiger partial charge in [0.15, 0.2) is 0 Å². The van der Waals surface area contributed by atoms with Gasteiger partial charge in [-0.15, -0.1) is 0 Å². The van der Waals surface area contributed by atoms with Crippen LogP contribution in [0.5, 0.6) is 0 Å². The summed E-state index contributed by atoms with van der Waals surface area (Å²) in [6, 6.07) is 11.3. The van der Waals surface area contributed by atoms with E-state index >= 15 is 0 Å². The minimum atomic E-state index is 0.542. The zero-order valence-corrected chi connectivity index (χ0v) is 22.8. The normalized spacial score (nSPS) is 11.9. The summed E-state index contributed by atoms with van der Waals surface area (Å²) in [5.41, 5.74) is 11.7. The van der Waals surface area contributed by atoms with Gasteiger partial charge in [-0.1, -0.05) is 83.0 Å². The predicted octanol–water partition coefficient (Wildman–Crippen LogP) is 9.26. The lowest BCUT2D eigenvalue weighted by Gasteiger charge is -2.17. The highest BCUT2D eigenvalue weighted by atomic mass is 15.2. The van der Waals surface area contributed by atoms with Gasteiger partial charge in [0.05, 0.1) is 5.71 Å². The highest BCUT2D eigenvalue weighted by Gasteiger charge is 2.12. The number of benzene rings is 2. The minimum absolute atomic E-state index is 0.542. The van der Waals surface area contributed by atoms with Crippen molar-refractivity contribution in [1.82, 2.24) is 0 Å². The summed E-state index contributed by atoms with van der Waals surface area (Å²) in [4.78, 5) is 0. The lowest BCUT2D eigenvalue weighted by molar-refractivity contribution is 0.766. The lowest BCUT2D eigenvalue weighted by Crippen LogP contribution is -2.05. The Hall–Kier alpha value is -2.48. The fourth-order valence-corrected chi connectivity index (χ4v) is 3.89. The number of aryl methyl sites for hydroxylation is 3. The summed E-state index contributed by atoms with van der Waals surface area (Å²) in [6.07, 6.45) is 9.20. The Morgan fingerprint density at radius 1 is 0.970 bits per heavy atom. The van der Waals surface area contributed by atoms with Crippen molar-refractivity contribution in [2.45, 2.75) is 101 Å². The first-order valence-electron chi connectivity index (χ1n) is 12.7. The molecule has 1 aliphatic carbocycles. The molecule has 1 aliphatic rings. The van der Waals surface area contributed by atoms with E-state index < -0.39 is 0 Å². The number of hydrogen-bond acceptors (Lipinski definition) is 2. The molecule has 2 aromatic carbocycles. The minimum Gasteiger partial charge on any atom is -0.160 e. The highest BCUT2D eigenvalue weighted by Crippen LogP contribution is 2.26. The number of fused-ring (bicyclic) bond motifs is 1. The summed E-state index contributed by atoms with van der Waals surface area (Å²) in [7, 11) is 0. The fraction of sp³-hybridized carbons (Fsp3) is 0.484. The number of nitrogens with zero attached hydrogens (tertiary/aromatic N) is 2. The van der Waals surface area contributed by atoms with Crippen LogP contribution >= 0.6 is 0 Å². The molecule has 0 saturated carbocycles. The van der Waals surface area contributed by atoms with Gasteiger partial charge in [-0.25, -0.2) is 0 Å². The third-order valence-corrected chi connectivity index (χ3v) is 5.63. The standard InChI is InChI=1S/C19H30N2.C10H10.C2H6/c1-8-9-10-17-11-15(6)19(12-18(17)13(2)3)16(7)21-20-14(4)5;1-8-5-6-9-3-2-4-10(9)7-8;1-2/h11-13H,8-10H2,1-7H3;2,4-7H,3H2,1H3;1-2H3/b21-16+;;. The molecule has 0 amide bonds. The lowest BCUT2D eigenvalue weighted by atomic mass is 9.89. The van der Waals surface area contributed by atoms with Gasteiger partial charge in [-0.3, -0.25) is 0 Å². The zero-order chi connectivity index (χ0) is 25.0. The SMILES string of the molecule is CC.CCCCc1cc(C)c(/C(C)=N/N=C(C)C)cc1C(C)C.Cc1ccc2c(c1)C=CC2. The molecule has 0 N–H and O–H groups in total. The van der Waals surface area contributed by atoms with Crippen molar-refractivity contribution in [3.8, 4) is 0 Å². The van der Waals surface area contributed by atoms with Gasteiger partial charge in [0, 0.05) is 11.3 Å². The summed E-state index contributed by atoms with van der Waals surface area (Å²) < 4.78 is 0. The third kappa shape index (κ3) is 9.12. The van der Waals surface area contributed by atoms with Crippen LogP contribution in [0.2, 0.25) is 0 Å². The Balaban J connectivity index is 0.000000373. The van der Waals surface area contributed by atoms with Gasteiger partial charge in [-0.05, 0) is 93.7 Å². The van der Waals surface area contributed by atoms with Crippen molar-refractivity contribution in [3.63, 3.8) is 0 Å². The molecule has 0 bridgehead atoms. The average molecular weight is 447 g/mol. The van der Waals surface area contributed by atoms with Crippen LogP contribution in [-0.2, 0) is 12.8 Å². The number of unbranched alkanes of at least 4 members (excludes halogenated alkanes) is 1. The Labute approximate surface area is 203 Å². The quantitative estimate of drug-likeness (QED) is 0.312. The summed E-state index contributed by atoms with van der Waals surface area (Å²) in [6.45, 7) is 21.1. The van der Waals surface area contributed by atoms with Crippen LogP contribution in [0.4, 0.5) is 0 Å². The fourth-order valence-electron chi connectivity index (χ4n) is 3.89. The average Bonchev–Trinajstić information content (AvgIpc) is 3.25. The van der Waals surface area contributed by atoms with Gasteiger partial charge >= 0.3 is 0 Å². The summed E-state index contributed by atoms with van der Waals surface area (Å²) in [5.74, 6) is 0.542. The molecular formula is C31H46N2. The first-order valence-corrected chi connectivity index (χ1v) is 12.7. The van der Waals surface area contributed by atoms with Crippen molar-refractivity contribution in [3.05, 3.63) is 75.4 Å². The van der Waals surface area contributed by atoms with Crippen molar-refractivity contribution in [2.24, 2.45) is 10.2 Å². The van der Waals surface area contributed by atoms with E-state index in [2.05, 4.69) is 87.3 Å². The van der Waals surface area contributed by atoms with E-state index in [4.69, 9.17) is 0 Å². The van der Waals surface area contributed by atoms with Crippen LogP contribution in [-0.4, -0.2) is 11.4 Å². The molecule has 0 radical (unpaired) electrons. The topological polar surface area (TPSA) is 24.7 Å². The molecule has 0 aromatic heterocycles. The van der Waals surface area contributed by atoms with E-state index in [1.54, 1.807) is 0 Å². The molecule has 0 spiro atoms. The van der Waals surface area contributed by atoms with E-state index in [9.17, 15) is 0 Å². The first kappa shape index (κ1) is 28.6. The molecule has 0 saturated heterocycles. The maximum Gasteiger partial charge on any atom is 0.0674 e. The third-order valence-electron chi connectivity index (χ3n) is 5.63. The van der Waals surface area contributed by atoms with E-state index in [-0.39, 0.29) is 0 Å². The highest BCUT2D eigenvalue weighted by molar-refractivity contribution is 6.00. The van der Waals surface area contributed by atoms with Crippen molar-refractivity contribution in [2.75, 3.05) is 0 Å². The van der Waals surface area contributed by atoms with Gasteiger partial charge in [0.2, 0.25) is 0 Å². The Morgan fingerprint density at radius 2 is 1.67 bits per heavy atom. The van der Waals surface area contributed by atoms with Crippen LogP contribution in [0.1, 0.15) is 113 Å². The van der Waals surface area contributed by atoms with Crippen molar-refractivity contribution >= 4 is 17.5 Å². The van der Waals surface area contributed by atoms with Crippen molar-refractivity contribution in [1.29, 1.82) is 0 Å². The van der Waals surface area contributed by atoms with E-state index in [1.807, 2.05) is 34.6 Å². The second kappa shape index (κ2) is 14.6. The molecular weight excluding hydrogens is 400 g/mol.